The number of carbonyl (C=O) groups is 1. The summed E-state index contributed by atoms with van der Waals surface area (Å²) in [6.07, 6.45) is 0. The predicted molar refractivity (Wildman–Crippen MR) is 125 cm³/mol. The lowest BCUT2D eigenvalue weighted by Gasteiger charge is -2.15. The standard InChI is InChI=1S/C25H24N4O2/c1-15-9-11-21(16(2)13-15)27-25(31)28-22-12-10-19(14-17(22)3)29-18(4)26-23-8-6-5-7-20(23)24(29)30/h5-14H,1-4H3,(H2,27,28,31). The number of carbonyl (C=O) groups excluding carboxylic acids is 1. The zero-order chi connectivity index (χ0) is 22.1. The number of rotatable bonds is 3. The van der Waals surface area contributed by atoms with Crippen molar-refractivity contribution in [3.05, 3.63) is 93.5 Å². The molecule has 0 unspecified atom stereocenters. The van der Waals surface area contributed by atoms with Gasteiger partial charge in [0.2, 0.25) is 0 Å². The van der Waals surface area contributed by atoms with E-state index >= 15 is 0 Å². The number of nitrogens with one attached hydrogen (secondary N) is 2. The number of aromatic nitrogens is 2. The number of para-hydroxylation sites is 1. The number of hydrogen-bond acceptors (Lipinski definition) is 3. The molecular formula is C25H24N4O2. The lowest BCUT2D eigenvalue weighted by molar-refractivity contribution is 0.262. The van der Waals surface area contributed by atoms with Gasteiger partial charge in [0.1, 0.15) is 5.82 Å². The van der Waals surface area contributed by atoms with Crippen molar-refractivity contribution in [2.24, 2.45) is 0 Å². The number of amides is 2. The average molecular weight is 412 g/mol. The SMILES string of the molecule is Cc1ccc(NC(=O)Nc2ccc(-n3c(C)nc4ccccc4c3=O)cc2C)c(C)c1. The summed E-state index contributed by atoms with van der Waals surface area (Å²) < 4.78 is 1.59. The fourth-order valence-electron chi connectivity index (χ4n) is 3.70. The normalized spacial score (nSPS) is 10.8. The smallest absolute Gasteiger partial charge is 0.307 e. The topological polar surface area (TPSA) is 76.0 Å². The maximum atomic E-state index is 13.0. The number of urea groups is 1. The second-order valence-corrected chi connectivity index (χ2v) is 7.71. The quantitative estimate of drug-likeness (QED) is 0.482. The van der Waals surface area contributed by atoms with Gasteiger partial charge in [-0.25, -0.2) is 9.78 Å². The van der Waals surface area contributed by atoms with Gasteiger partial charge >= 0.3 is 6.03 Å². The van der Waals surface area contributed by atoms with Gasteiger partial charge in [0.15, 0.2) is 0 Å². The Kier molecular flexibility index (Phi) is 5.29. The van der Waals surface area contributed by atoms with E-state index in [1.54, 1.807) is 16.7 Å². The summed E-state index contributed by atoms with van der Waals surface area (Å²) in [5.41, 5.74) is 5.69. The maximum absolute atomic E-state index is 13.0. The third-order valence-electron chi connectivity index (χ3n) is 5.29. The molecule has 0 bridgehead atoms. The Morgan fingerprint density at radius 1 is 0.839 bits per heavy atom. The monoisotopic (exact) mass is 412 g/mol. The van der Waals surface area contributed by atoms with Crippen LogP contribution in [-0.4, -0.2) is 15.6 Å². The molecule has 4 aromatic rings. The molecule has 0 fully saturated rings. The molecule has 31 heavy (non-hydrogen) atoms. The van der Waals surface area contributed by atoms with Crippen molar-refractivity contribution in [2.75, 3.05) is 10.6 Å². The van der Waals surface area contributed by atoms with Crippen LogP contribution >= 0.6 is 0 Å². The Labute approximate surface area is 180 Å². The fraction of sp³-hybridized carbons (Fsp3) is 0.160. The molecule has 0 aliphatic rings. The summed E-state index contributed by atoms with van der Waals surface area (Å²) in [6.45, 7) is 7.68. The summed E-state index contributed by atoms with van der Waals surface area (Å²) in [4.78, 5) is 30.1. The molecule has 0 saturated carbocycles. The third-order valence-corrected chi connectivity index (χ3v) is 5.29. The molecule has 0 radical (unpaired) electrons. The summed E-state index contributed by atoms with van der Waals surface area (Å²) in [7, 11) is 0. The molecule has 2 amide bonds. The zero-order valence-corrected chi connectivity index (χ0v) is 18.0. The van der Waals surface area contributed by atoms with Crippen LogP contribution in [0, 0.1) is 27.7 Å². The van der Waals surface area contributed by atoms with E-state index in [4.69, 9.17) is 0 Å². The Morgan fingerprint density at radius 2 is 1.48 bits per heavy atom. The third kappa shape index (κ3) is 4.05. The van der Waals surface area contributed by atoms with E-state index in [-0.39, 0.29) is 11.6 Å². The maximum Gasteiger partial charge on any atom is 0.323 e. The summed E-state index contributed by atoms with van der Waals surface area (Å²) in [5, 5.41) is 6.34. The van der Waals surface area contributed by atoms with Crippen molar-refractivity contribution < 1.29 is 4.79 Å². The molecule has 4 rings (SSSR count). The van der Waals surface area contributed by atoms with E-state index in [2.05, 4.69) is 15.6 Å². The minimum Gasteiger partial charge on any atom is -0.307 e. The number of fused-ring (bicyclic) bond motifs is 1. The van der Waals surface area contributed by atoms with Crippen LogP contribution in [0.4, 0.5) is 16.2 Å². The van der Waals surface area contributed by atoms with Crippen LogP contribution in [0.2, 0.25) is 0 Å². The molecule has 0 aliphatic heterocycles. The van der Waals surface area contributed by atoms with Crippen molar-refractivity contribution in [1.82, 2.24) is 9.55 Å². The fourth-order valence-corrected chi connectivity index (χ4v) is 3.70. The van der Waals surface area contributed by atoms with Crippen LogP contribution in [-0.2, 0) is 0 Å². The molecule has 0 aliphatic carbocycles. The zero-order valence-electron chi connectivity index (χ0n) is 18.0. The van der Waals surface area contributed by atoms with E-state index < -0.39 is 0 Å². The highest BCUT2D eigenvalue weighted by Crippen LogP contribution is 2.21. The van der Waals surface area contributed by atoms with Crippen molar-refractivity contribution in [2.45, 2.75) is 27.7 Å². The van der Waals surface area contributed by atoms with Crippen LogP contribution in [0.5, 0.6) is 0 Å². The van der Waals surface area contributed by atoms with E-state index in [0.29, 0.717) is 28.1 Å². The van der Waals surface area contributed by atoms with Gasteiger partial charge < -0.3 is 10.6 Å². The number of hydrogen-bond donors (Lipinski definition) is 2. The van der Waals surface area contributed by atoms with Crippen LogP contribution in [0.1, 0.15) is 22.5 Å². The predicted octanol–water partition coefficient (Wildman–Crippen LogP) is 5.26. The average Bonchev–Trinajstić information content (AvgIpc) is 2.72. The van der Waals surface area contributed by atoms with Crippen LogP contribution < -0.4 is 16.2 Å². The Hall–Kier alpha value is -3.93. The highest BCUT2D eigenvalue weighted by molar-refractivity contribution is 6.00. The second-order valence-electron chi connectivity index (χ2n) is 7.71. The summed E-state index contributed by atoms with van der Waals surface area (Å²) >= 11 is 0. The largest absolute Gasteiger partial charge is 0.323 e. The van der Waals surface area contributed by atoms with E-state index in [0.717, 1.165) is 22.4 Å². The first-order valence-corrected chi connectivity index (χ1v) is 10.1. The highest BCUT2D eigenvalue weighted by Gasteiger charge is 2.12. The van der Waals surface area contributed by atoms with Crippen molar-refractivity contribution >= 4 is 28.3 Å². The van der Waals surface area contributed by atoms with Gasteiger partial charge in [0, 0.05) is 11.4 Å². The minimum absolute atomic E-state index is 0.115. The number of aryl methyl sites for hydroxylation is 4. The summed E-state index contributed by atoms with van der Waals surface area (Å²) in [5.74, 6) is 0.608. The highest BCUT2D eigenvalue weighted by atomic mass is 16.2. The molecular weight excluding hydrogens is 388 g/mol. The molecule has 156 valence electrons. The molecule has 6 nitrogen and oxygen atoms in total. The van der Waals surface area contributed by atoms with Gasteiger partial charge in [0.05, 0.1) is 16.6 Å². The van der Waals surface area contributed by atoms with Crippen molar-refractivity contribution in [3.63, 3.8) is 0 Å². The first kappa shape index (κ1) is 20.3. The van der Waals surface area contributed by atoms with Gasteiger partial charge in [-0.05, 0) is 75.2 Å². The molecule has 0 saturated heterocycles. The number of nitrogens with zero attached hydrogens (tertiary/aromatic N) is 2. The first-order valence-electron chi connectivity index (χ1n) is 10.1. The first-order chi connectivity index (χ1) is 14.8. The van der Waals surface area contributed by atoms with Gasteiger partial charge in [-0.1, -0.05) is 29.8 Å². The van der Waals surface area contributed by atoms with Gasteiger partial charge in [-0.3, -0.25) is 9.36 Å². The number of benzene rings is 3. The van der Waals surface area contributed by atoms with Crippen LogP contribution in [0.15, 0.2) is 65.5 Å². The Balaban J connectivity index is 1.61. The van der Waals surface area contributed by atoms with Gasteiger partial charge in [-0.2, -0.15) is 0 Å². The van der Waals surface area contributed by atoms with Gasteiger partial charge in [-0.15, -0.1) is 0 Å². The Bertz CT molecular complexity index is 1370. The molecule has 3 aromatic carbocycles. The van der Waals surface area contributed by atoms with Crippen LogP contribution in [0.3, 0.4) is 0 Å². The van der Waals surface area contributed by atoms with Gasteiger partial charge in [0.25, 0.3) is 5.56 Å². The second kappa shape index (κ2) is 8.07. The lowest BCUT2D eigenvalue weighted by atomic mass is 10.1. The van der Waals surface area contributed by atoms with E-state index in [1.807, 2.05) is 76.2 Å². The van der Waals surface area contributed by atoms with Crippen molar-refractivity contribution in [3.8, 4) is 5.69 Å². The molecule has 0 atom stereocenters. The molecule has 1 heterocycles. The molecule has 6 heteroatoms. The van der Waals surface area contributed by atoms with Crippen molar-refractivity contribution in [1.29, 1.82) is 0 Å². The molecule has 2 N–H and O–H groups in total. The number of anilines is 2. The molecule has 0 spiro atoms. The summed E-state index contributed by atoms with van der Waals surface area (Å²) in [6, 6.07) is 18.3. The van der Waals surface area contributed by atoms with E-state index in [1.165, 1.54) is 0 Å². The molecule has 1 aromatic heterocycles. The van der Waals surface area contributed by atoms with Crippen LogP contribution in [0.25, 0.3) is 16.6 Å². The lowest BCUT2D eigenvalue weighted by Crippen LogP contribution is -2.23. The van der Waals surface area contributed by atoms with E-state index in [9.17, 15) is 9.59 Å². The minimum atomic E-state index is -0.316. The Morgan fingerprint density at radius 3 is 2.16 bits per heavy atom.